The highest BCUT2D eigenvalue weighted by atomic mass is 79.9. The maximum absolute atomic E-state index is 12.3. The van der Waals surface area contributed by atoms with E-state index in [4.69, 9.17) is 4.52 Å². The summed E-state index contributed by atoms with van der Waals surface area (Å²) in [4.78, 5) is 21.2. The van der Waals surface area contributed by atoms with Gasteiger partial charge in [-0.3, -0.25) is 14.6 Å². The van der Waals surface area contributed by atoms with Crippen molar-refractivity contribution in [1.29, 1.82) is 0 Å². The predicted molar refractivity (Wildman–Crippen MR) is 119 cm³/mol. The Hall–Kier alpha value is -2.55. The standard InChI is InChI=1S/C22H24BrN5O2/c1-16-2-4-17(5-3-16)22-25-21(30-26-22)15-28-12-10-27(11-13-28)14-20(29)24-19-8-6-18(23)7-9-19/h2-9H,10-15H2,1H3,(H,24,29). The van der Waals surface area contributed by atoms with Gasteiger partial charge < -0.3 is 9.84 Å². The van der Waals surface area contributed by atoms with Crippen LogP contribution in [0, 0.1) is 6.92 Å². The van der Waals surface area contributed by atoms with E-state index in [9.17, 15) is 4.79 Å². The summed E-state index contributed by atoms with van der Waals surface area (Å²) in [7, 11) is 0. The Morgan fingerprint density at radius 2 is 1.70 bits per heavy atom. The molecule has 30 heavy (non-hydrogen) atoms. The minimum absolute atomic E-state index is 0.00501. The minimum Gasteiger partial charge on any atom is -0.338 e. The van der Waals surface area contributed by atoms with Gasteiger partial charge >= 0.3 is 0 Å². The van der Waals surface area contributed by atoms with Crippen molar-refractivity contribution < 1.29 is 9.32 Å². The number of hydrogen-bond donors (Lipinski definition) is 1. The number of nitrogens with one attached hydrogen (secondary N) is 1. The average Bonchev–Trinajstić information content (AvgIpc) is 3.20. The third-order valence-corrected chi connectivity index (χ3v) is 5.63. The Labute approximate surface area is 184 Å². The zero-order chi connectivity index (χ0) is 20.9. The number of piperazine rings is 1. The van der Waals surface area contributed by atoms with E-state index in [0.29, 0.717) is 24.8 Å². The molecule has 2 aromatic carbocycles. The Morgan fingerprint density at radius 3 is 2.40 bits per heavy atom. The number of hydrogen-bond acceptors (Lipinski definition) is 6. The van der Waals surface area contributed by atoms with Crippen LogP contribution < -0.4 is 5.32 Å². The van der Waals surface area contributed by atoms with E-state index in [1.54, 1.807) is 0 Å². The molecule has 156 valence electrons. The van der Waals surface area contributed by atoms with Crippen molar-refractivity contribution in [3.8, 4) is 11.4 Å². The molecule has 1 saturated heterocycles. The number of benzene rings is 2. The normalized spacial score (nSPS) is 15.3. The van der Waals surface area contributed by atoms with E-state index in [2.05, 4.69) is 48.1 Å². The van der Waals surface area contributed by atoms with E-state index in [1.807, 2.05) is 48.5 Å². The number of halogens is 1. The van der Waals surface area contributed by atoms with Crippen molar-refractivity contribution in [2.45, 2.75) is 13.5 Å². The molecule has 8 heteroatoms. The molecule has 1 aromatic heterocycles. The minimum atomic E-state index is 0.00501. The second-order valence-corrected chi connectivity index (χ2v) is 8.40. The molecule has 4 rings (SSSR count). The molecule has 3 aromatic rings. The lowest BCUT2D eigenvalue weighted by Crippen LogP contribution is -2.48. The van der Waals surface area contributed by atoms with Gasteiger partial charge in [-0.25, -0.2) is 0 Å². The molecule has 7 nitrogen and oxygen atoms in total. The zero-order valence-electron chi connectivity index (χ0n) is 16.8. The number of rotatable bonds is 6. The van der Waals surface area contributed by atoms with Crippen LogP contribution in [0.4, 0.5) is 5.69 Å². The third kappa shape index (κ3) is 5.53. The third-order valence-electron chi connectivity index (χ3n) is 5.10. The molecule has 0 unspecified atom stereocenters. The summed E-state index contributed by atoms with van der Waals surface area (Å²) in [5.74, 6) is 1.24. The molecule has 0 bridgehead atoms. The van der Waals surface area contributed by atoms with Crippen LogP contribution >= 0.6 is 15.9 Å². The molecule has 1 aliphatic heterocycles. The Bertz CT molecular complexity index is 980. The van der Waals surface area contributed by atoms with Gasteiger partial charge in [0.15, 0.2) is 0 Å². The summed E-state index contributed by atoms with van der Waals surface area (Å²) in [6.07, 6.45) is 0. The summed E-state index contributed by atoms with van der Waals surface area (Å²) in [5.41, 5.74) is 2.96. The molecule has 1 fully saturated rings. The van der Waals surface area contributed by atoms with Gasteiger partial charge in [-0.2, -0.15) is 4.98 Å². The molecule has 0 radical (unpaired) electrons. The molecule has 0 spiro atoms. The van der Waals surface area contributed by atoms with Gasteiger partial charge in [-0.15, -0.1) is 0 Å². The molecular weight excluding hydrogens is 446 g/mol. The number of carbonyl (C=O) groups excluding carboxylic acids is 1. The van der Waals surface area contributed by atoms with Crippen molar-refractivity contribution in [2.75, 3.05) is 38.0 Å². The Morgan fingerprint density at radius 1 is 1.03 bits per heavy atom. The van der Waals surface area contributed by atoms with E-state index in [0.717, 1.165) is 41.9 Å². The highest BCUT2D eigenvalue weighted by Crippen LogP contribution is 2.18. The van der Waals surface area contributed by atoms with E-state index in [-0.39, 0.29) is 5.91 Å². The molecule has 1 aliphatic rings. The first-order valence-electron chi connectivity index (χ1n) is 9.95. The number of anilines is 1. The number of carbonyl (C=O) groups is 1. The van der Waals surface area contributed by atoms with E-state index in [1.165, 1.54) is 5.56 Å². The first kappa shape index (κ1) is 20.7. The predicted octanol–water partition coefficient (Wildman–Crippen LogP) is 3.56. The highest BCUT2D eigenvalue weighted by Gasteiger charge is 2.21. The molecule has 0 atom stereocenters. The largest absolute Gasteiger partial charge is 0.338 e. The molecule has 0 saturated carbocycles. The quantitative estimate of drug-likeness (QED) is 0.594. The summed E-state index contributed by atoms with van der Waals surface area (Å²) in [6.45, 7) is 6.43. The zero-order valence-corrected chi connectivity index (χ0v) is 18.4. The summed E-state index contributed by atoms with van der Waals surface area (Å²) in [5, 5.41) is 7.04. The van der Waals surface area contributed by atoms with Crippen LogP contribution in [0.15, 0.2) is 57.5 Å². The molecule has 0 aliphatic carbocycles. The van der Waals surface area contributed by atoms with Gasteiger partial charge in [0, 0.05) is 41.9 Å². The van der Waals surface area contributed by atoms with Crippen LogP contribution in [0.1, 0.15) is 11.5 Å². The van der Waals surface area contributed by atoms with Crippen molar-refractivity contribution in [1.82, 2.24) is 19.9 Å². The van der Waals surface area contributed by atoms with Gasteiger partial charge in [0.25, 0.3) is 0 Å². The number of amides is 1. The molecule has 1 amide bonds. The lowest BCUT2D eigenvalue weighted by Gasteiger charge is -2.33. The molecule has 1 N–H and O–H groups in total. The SMILES string of the molecule is Cc1ccc(-c2noc(CN3CCN(CC(=O)Nc4ccc(Br)cc4)CC3)n2)cc1. The van der Waals surface area contributed by atoms with E-state index >= 15 is 0 Å². The fraction of sp³-hybridized carbons (Fsp3) is 0.318. The Kier molecular flexibility index (Phi) is 6.56. The van der Waals surface area contributed by atoms with Gasteiger partial charge in [0.1, 0.15) is 0 Å². The molecule has 2 heterocycles. The fourth-order valence-electron chi connectivity index (χ4n) is 3.37. The van der Waals surface area contributed by atoms with Crippen molar-refractivity contribution >= 4 is 27.5 Å². The number of aryl methyl sites for hydroxylation is 1. The first-order chi connectivity index (χ1) is 14.5. The molecular formula is C22H24BrN5O2. The summed E-state index contributed by atoms with van der Waals surface area (Å²) < 4.78 is 6.42. The fourth-order valence-corrected chi connectivity index (χ4v) is 3.64. The smallest absolute Gasteiger partial charge is 0.241 e. The summed E-state index contributed by atoms with van der Waals surface area (Å²) in [6, 6.07) is 15.7. The number of nitrogens with zero attached hydrogens (tertiary/aromatic N) is 4. The van der Waals surface area contributed by atoms with Gasteiger partial charge in [0.05, 0.1) is 13.1 Å². The maximum Gasteiger partial charge on any atom is 0.241 e. The summed E-state index contributed by atoms with van der Waals surface area (Å²) >= 11 is 3.40. The van der Waals surface area contributed by atoms with Crippen LogP contribution in [0.2, 0.25) is 0 Å². The monoisotopic (exact) mass is 469 g/mol. The van der Waals surface area contributed by atoms with Crippen LogP contribution in [0.5, 0.6) is 0 Å². The topological polar surface area (TPSA) is 74.5 Å². The van der Waals surface area contributed by atoms with Crippen molar-refractivity contribution in [3.63, 3.8) is 0 Å². The van der Waals surface area contributed by atoms with Crippen LogP contribution in [-0.4, -0.2) is 58.6 Å². The Balaban J connectivity index is 1.23. The lowest BCUT2D eigenvalue weighted by atomic mass is 10.1. The first-order valence-corrected chi connectivity index (χ1v) is 10.7. The van der Waals surface area contributed by atoms with Crippen molar-refractivity contribution in [3.05, 3.63) is 64.5 Å². The highest BCUT2D eigenvalue weighted by molar-refractivity contribution is 9.10. The number of aromatic nitrogens is 2. The van der Waals surface area contributed by atoms with Gasteiger partial charge in [0.2, 0.25) is 17.6 Å². The van der Waals surface area contributed by atoms with Crippen LogP contribution in [0.3, 0.4) is 0 Å². The second-order valence-electron chi connectivity index (χ2n) is 7.49. The van der Waals surface area contributed by atoms with Crippen LogP contribution in [0.25, 0.3) is 11.4 Å². The van der Waals surface area contributed by atoms with E-state index < -0.39 is 0 Å². The van der Waals surface area contributed by atoms with Gasteiger partial charge in [-0.1, -0.05) is 50.9 Å². The van der Waals surface area contributed by atoms with Crippen molar-refractivity contribution in [2.24, 2.45) is 0 Å². The second kappa shape index (κ2) is 9.51. The lowest BCUT2D eigenvalue weighted by molar-refractivity contribution is -0.117. The maximum atomic E-state index is 12.3. The van der Waals surface area contributed by atoms with Gasteiger partial charge in [-0.05, 0) is 31.2 Å². The van der Waals surface area contributed by atoms with Crippen LogP contribution in [-0.2, 0) is 11.3 Å². The average molecular weight is 470 g/mol.